The Balaban J connectivity index is 0.000000265. The van der Waals surface area contributed by atoms with Crippen molar-refractivity contribution in [2.75, 3.05) is 143 Å². The molecule has 10 rings (SSSR count). The smallest absolute Gasteiger partial charge is 0.339 e. The molecule has 10 aromatic carbocycles. The van der Waals surface area contributed by atoms with Crippen molar-refractivity contribution >= 4 is 135 Å². The molecule has 138 heavy (non-hydrogen) atoms. The number of sulfonamides is 1. The number of nitrogens with two attached hydrogens (primary N) is 1. The summed E-state index contributed by atoms with van der Waals surface area (Å²) in [6, 6.07) is 38.2. The first-order valence-electron chi connectivity index (χ1n) is 41.8. The molecule has 744 valence electrons. The van der Waals surface area contributed by atoms with Crippen molar-refractivity contribution in [3.05, 3.63) is 202 Å². The molecule has 0 heterocycles. The molecule has 17 N–H and O–H groups in total. The first-order chi connectivity index (χ1) is 65.9. The average molecular weight is 1980 g/mol. The van der Waals surface area contributed by atoms with Crippen molar-refractivity contribution in [3.8, 4) is 69.0 Å². The maximum atomic E-state index is 13.4. The highest BCUT2D eigenvalue weighted by atomic mass is 32.2. The van der Waals surface area contributed by atoms with Crippen LogP contribution < -0.4 is 114 Å². The average Bonchev–Trinajstić information content (AvgIpc) is 0.795. The second kappa shape index (κ2) is 54.6. The first kappa shape index (κ1) is 112. The summed E-state index contributed by atoms with van der Waals surface area (Å²) >= 11 is 0. The van der Waals surface area contributed by atoms with Crippen molar-refractivity contribution in [2.24, 2.45) is 0 Å². The largest absolute Gasteiger partial charge is 0.494 e. The third-order valence-electron chi connectivity index (χ3n) is 19.5. The summed E-state index contributed by atoms with van der Waals surface area (Å²) in [5.74, 6) is 1.17. The van der Waals surface area contributed by atoms with Crippen molar-refractivity contribution in [1.82, 2.24) is 0 Å². The molecule has 10 aromatic rings. The molecular weight excluding hydrogens is 1860 g/mol. The number of benzene rings is 10. The predicted molar refractivity (Wildman–Crippen MR) is 519 cm³/mol. The minimum Gasteiger partial charge on any atom is -0.494 e. The third kappa shape index (κ3) is 31.1. The Morgan fingerprint density at radius 3 is 1.02 bits per heavy atom. The normalized spacial score (nSPS) is 10.8. The number of nitrogens with one attached hydrogen (secondary N) is 10. The highest BCUT2D eigenvalue weighted by molar-refractivity contribution is 7.92. The van der Waals surface area contributed by atoms with Gasteiger partial charge in [0.1, 0.15) is 38.9 Å². The van der Waals surface area contributed by atoms with E-state index in [-0.39, 0.29) is 166 Å². The molecule has 1 unspecified atom stereocenters. The number of carbonyl (C=O) groups excluding carboxylic acids is 7. The van der Waals surface area contributed by atoms with Crippen molar-refractivity contribution in [1.29, 1.82) is 0 Å². The number of nitrogen functional groups attached to an aromatic ring is 1. The number of aliphatic hydroxyl groups excluding tert-OH is 5. The van der Waals surface area contributed by atoms with Crippen LogP contribution in [0.4, 0.5) is 67.0 Å². The number of hydrogen-bond acceptors (Lipinski definition) is 31. The molecule has 0 aromatic heterocycles. The minimum atomic E-state index is -4.26. The van der Waals surface area contributed by atoms with Gasteiger partial charge in [-0.25, -0.2) is 17.0 Å². The quantitative estimate of drug-likeness (QED) is 0.0125. The standard InChI is InChI=1S/C20H25N3O5.C19H24N2O7S.C19H24N2O6S.C19H23NO8S.C17H18FN3O3/c1-5-18(25)23-15-8-12(6-7-13(15)11-24)20(26)22-14-9-16(27-3)19(21-2)17(10-14)28-4;1-5-18(23)20-15-10-14(7-6-12(15)11-22)29(24,25)21-13-8-16(26-2)19(28-4)17(9-13)27-3;1-5-18(23)20-15-10-14(7-6-12(15)11-22)28(24)21-13-8-16(25-2)19(27-4)17(9-13)26-3;1-5-18(22)20-15-10-14(7-6-12(15)11-21)29(23,24)28-13-8-16(25-2)19(27-4)17(9-13)26-3;1-2-16(23)21-15-7-10(3-4-11(15)9-22)17(24)20-12-5-6-14(19)13(18)8-12/h6-10,21,24H,5,11H2,1-4H3,(H,22,26)(H,23,25);6-10,21-22H,5,11H2,1-4H3,(H,20,23);6-10,21-22H,5,11H2,1-4H3,(H,20,23);6-10,21H,5,11H2,1-4H3,(H,20,22);3-8,22H,2,9,19H2,1H3,(H,20,24)(H,21,23). The van der Waals surface area contributed by atoms with Gasteiger partial charge in [0, 0.05) is 166 Å². The van der Waals surface area contributed by atoms with Crippen LogP contribution in [0.15, 0.2) is 172 Å². The van der Waals surface area contributed by atoms with Crippen LogP contribution in [0.2, 0.25) is 0 Å². The van der Waals surface area contributed by atoms with Crippen LogP contribution in [0, 0.1) is 5.82 Å². The summed E-state index contributed by atoms with van der Waals surface area (Å²) in [5.41, 5.74) is 12.0. The Morgan fingerprint density at radius 1 is 0.355 bits per heavy atom. The van der Waals surface area contributed by atoms with E-state index in [4.69, 9.17) is 62.0 Å². The lowest BCUT2D eigenvalue weighted by molar-refractivity contribution is -0.116. The van der Waals surface area contributed by atoms with Gasteiger partial charge in [0.25, 0.3) is 21.8 Å². The SMILES string of the molecule is CCC(=O)Nc1cc(C(=O)Nc2cc(OC)c(NC)c(OC)c2)ccc1CO.CCC(=O)Nc1cc(C(=O)Nc2ccc(N)c(F)c2)ccc1CO.CCC(=O)Nc1cc(S(=O)(=O)Nc2cc(OC)c(OC)c(OC)c2)ccc1CO.CCC(=O)Nc1cc(S(=O)(=O)Oc2cc(OC)c(OC)c(OC)c2)ccc1CO.CCC(=O)Nc1cc(S(=O)Nc2cc(OC)c(OC)c(OC)c2)ccc1CO. The van der Waals surface area contributed by atoms with Crippen molar-refractivity contribution < 1.29 is 141 Å². The van der Waals surface area contributed by atoms with Gasteiger partial charge in [-0.05, 0) is 78.9 Å². The zero-order valence-electron chi connectivity index (χ0n) is 78.8. The Labute approximate surface area is 800 Å². The fourth-order valence-electron chi connectivity index (χ4n) is 12.2. The molecule has 0 aliphatic heterocycles. The summed E-state index contributed by atoms with van der Waals surface area (Å²) in [7, 11) is 7.88. The van der Waals surface area contributed by atoms with E-state index < -0.39 is 42.9 Å². The molecule has 0 fully saturated rings. The summed E-state index contributed by atoms with van der Waals surface area (Å²) < 4.78 is 146. The molecule has 0 spiro atoms. The second-order valence-electron chi connectivity index (χ2n) is 28.4. The topological polar surface area (TPSA) is 563 Å². The number of carbonyl (C=O) groups is 7. The van der Waals surface area contributed by atoms with E-state index in [1.165, 1.54) is 169 Å². The Bertz CT molecular complexity index is 5810. The fraction of sp³-hybridized carbons (Fsp3) is 0.287. The van der Waals surface area contributed by atoms with Gasteiger partial charge in [-0.1, -0.05) is 65.0 Å². The van der Waals surface area contributed by atoms with Crippen molar-refractivity contribution in [2.45, 2.75) is 114 Å². The Hall–Kier alpha value is -14.9. The van der Waals surface area contributed by atoms with E-state index in [0.29, 0.717) is 120 Å². The molecule has 0 aliphatic carbocycles. The van der Waals surface area contributed by atoms with Crippen LogP contribution in [0.3, 0.4) is 0 Å². The number of ether oxygens (including phenoxy) is 11. The number of rotatable bonds is 40. The summed E-state index contributed by atoms with van der Waals surface area (Å²) in [4.78, 5) is 83.4. The fourth-order valence-corrected chi connectivity index (χ4v) is 15.1. The molecule has 0 saturated heterocycles. The van der Waals surface area contributed by atoms with Crippen LogP contribution >= 0.6 is 0 Å². The van der Waals surface area contributed by atoms with Crippen molar-refractivity contribution in [3.63, 3.8) is 0 Å². The summed E-state index contributed by atoms with van der Waals surface area (Å²) in [6.45, 7) is 6.98. The molecule has 1 atom stereocenters. The van der Waals surface area contributed by atoms with Gasteiger partial charge in [-0.15, -0.1) is 0 Å². The van der Waals surface area contributed by atoms with Crippen LogP contribution in [-0.4, -0.2) is 173 Å². The molecule has 44 heteroatoms. The van der Waals surface area contributed by atoms with E-state index in [1.54, 1.807) is 102 Å². The third-order valence-corrected chi connectivity index (χ3v) is 23.3. The molecule has 0 bridgehead atoms. The van der Waals surface area contributed by atoms with Gasteiger partial charge in [0.2, 0.25) is 46.8 Å². The molecule has 0 saturated carbocycles. The molecule has 0 aliphatic rings. The van der Waals surface area contributed by atoms with Crippen LogP contribution in [0.5, 0.6) is 69.0 Å². The van der Waals surface area contributed by atoms with E-state index in [1.807, 2.05) is 0 Å². The first-order valence-corrected chi connectivity index (χ1v) is 45.9. The maximum absolute atomic E-state index is 13.4. The number of amides is 7. The molecule has 0 radical (unpaired) electrons. The monoisotopic (exact) mass is 1980 g/mol. The lowest BCUT2D eigenvalue weighted by Crippen LogP contribution is -2.16. The van der Waals surface area contributed by atoms with Crippen LogP contribution in [0.1, 0.15) is 115 Å². The maximum Gasteiger partial charge on any atom is 0.339 e. The van der Waals surface area contributed by atoms with E-state index in [0.717, 1.165) is 6.07 Å². The highest BCUT2D eigenvalue weighted by Gasteiger charge is 2.27. The lowest BCUT2D eigenvalue weighted by atomic mass is 10.1. The number of anilines is 11. The second-order valence-corrected chi connectivity index (χ2v) is 32.8. The summed E-state index contributed by atoms with van der Waals surface area (Å²) in [5, 5.41) is 68.6. The van der Waals surface area contributed by atoms with Gasteiger partial charge in [0.05, 0.1) is 138 Å². The van der Waals surface area contributed by atoms with Gasteiger partial charge >= 0.3 is 10.1 Å². The molecular formula is C94H114FN11O29S3. The molecule has 40 nitrogen and oxygen atoms in total. The van der Waals surface area contributed by atoms with E-state index in [2.05, 4.69) is 52.0 Å². The van der Waals surface area contributed by atoms with Gasteiger partial charge in [-0.2, -0.15) is 8.42 Å². The number of hydrogen-bond donors (Lipinski definition) is 16. The van der Waals surface area contributed by atoms with Crippen LogP contribution in [0.25, 0.3) is 0 Å². The van der Waals surface area contributed by atoms with Gasteiger partial charge < -0.3 is 135 Å². The van der Waals surface area contributed by atoms with Gasteiger partial charge in [0.15, 0.2) is 40.2 Å². The number of aliphatic hydroxyl groups is 5. The van der Waals surface area contributed by atoms with E-state index >= 15 is 0 Å². The highest BCUT2D eigenvalue weighted by Crippen LogP contribution is 2.45. The number of halogens is 1. The van der Waals surface area contributed by atoms with Gasteiger partial charge in [-0.3, -0.25) is 38.3 Å². The lowest BCUT2D eigenvalue weighted by Gasteiger charge is -2.16. The summed E-state index contributed by atoms with van der Waals surface area (Å²) in [6.07, 6.45) is 1.27. The predicted octanol–water partition coefficient (Wildman–Crippen LogP) is 12.7. The number of methoxy groups -OCH3 is 11. The zero-order valence-corrected chi connectivity index (χ0v) is 81.2. The minimum absolute atomic E-state index is 0.00939. The Kier molecular flexibility index (Phi) is 44.2. The van der Waals surface area contributed by atoms with E-state index in [9.17, 15) is 84.5 Å². The Morgan fingerprint density at radius 2 is 0.674 bits per heavy atom. The molecule has 7 amide bonds. The van der Waals surface area contributed by atoms with Crippen LogP contribution in [-0.2, 0) is 88.1 Å². The zero-order chi connectivity index (χ0) is 102.